The molecule has 4 rings (SSSR count). The van der Waals surface area contributed by atoms with Gasteiger partial charge in [-0.25, -0.2) is 8.78 Å². The van der Waals surface area contributed by atoms with E-state index in [9.17, 15) is 18.4 Å². The van der Waals surface area contributed by atoms with Gasteiger partial charge in [0.2, 0.25) is 11.7 Å². The maximum absolute atomic E-state index is 13.4. The molecule has 168 valence electrons. The van der Waals surface area contributed by atoms with Crippen molar-refractivity contribution in [3.8, 4) is 11.4 Å². The second kappa shape index (κ2) is 9.15. The number of carbonyl (C=O) groups is 1. The van der Waals surface area contributed by atoms with Crippen molar-refractivity contribution in [2.75, 3.05) is 5.32 Å². The Morgan fingerprint density at radius 3 is 2.61 bits per heavy atom. The van der Waals surface area contributed by atoms with E-state index < -0.39 is 17.5 Å². The molecule has 0 atom stereocenters. The van der Waals surface area contributed by atoms with Gasteiger partial charge in [0.1, 0.15) is 0 Å². The maximum atomic E-state index is 13.4. The fourth-order valence-electron chi connectivity index (χ4n) is 3.59. The van der Waals surface area contributed by atoms with Gasteiger partial charge in [-0.2, -0.15) is 9.50 Å². The molecule has 2 aromatic carbocycles. The lowest BCUT2D eigenvalue weighted by Crippen LogP contribution is -2.27. The first-order chi connectivity index (χ1) is 15.9. The molecule has 0 aliphatic rings. The molecule has 9 heteroatoms. The molecule has 0 bridgehead atoms. The molecule has 0 saturated carbocycles. The lowest BCUT2D eigenvalue weighted by molar-refractivity contribution is -0.116. The molecule has 7 nitrogen and oxygen atoms in total. The number of fused-ring (bicyclic) bond motifs is 1. The van der Waals surface area contributed by atoms with E-state index in [0.29, 0.717) is 29.4 Å². The zero-order chi connectivity index (χ0) is 23.5. The second-order valence-corrected chi connectivity index (χ2v) is 7.46. The van der Waals surface area contributed by atoms with Gasteiger partial charge in [0.25, 0.3) is 5.56 Å². The van der Waals surface area contributed by atoms with Crippen molar-refractivity contribution in [3.05, 3.63) is 94.4 Å². The van der Waals surface area contributed by atoms with Crippen LogP contribution in [-0.2, 0) is 17.8 Å². The lowest BCUT2D eigenvalue weighted by atomic mass is 10.1. The fourth-order valence-corrected chi connectivity index (χ4v) is 3.59. The molecular weight excluding hydrogens is 428 g/mol. The van der Waals surface area contributed by atoms with E-state index in [0.717, 1.165) is 17.7 Å². The van der Waals surface area contributed by atoms with E-state index in [1.54, 1.807) is 13.0 Å². The zero-order valence-electron chi connectivity index (χ0n) is 17.9. The number of aromatic nitrogens is 4. The summed E-state index contributed by atoms with van der Waals surface area (Å²) in [6.45, 7) is 5.96. The van der Waals surface area contributed by atoms with Gasteiger partial charge in [-0.15, -0.1) is 11.7 Å². The van der Waals surface area contributed by atoms with E-state index in [2.05, 4.69) is 22.0 Å². The van der Waals surface area contributed by atoms with E-state index in [-0.39, 0.29) is 24.1 Å². The number of benzene rings is 2. The van der Waals surface area contributed by atoms with Crippen LogP contribution in [0.3, 0.4) is 0 Å². The molecule has 33 heavy (non-hydrogen) atoms. The third kappa shape index (κ3) is 4.43. The van der Waals surface area contributed by atoms with Crippen LogP contribution in [0.2, 0.25) is 0 Å². The number of anilines is 1. The van der Waals surface area contributed by atoms with E-state index in [1.807, 2.05) is 34.9 Å². The SMILES string of the molecule is C=CCn1c(C)c(CCC(=O)Nc2ccc(F)c(F)c2)c(=O)n2nc(-c3ccccc3)nc12. The van der Waals surface area contributed by atoms with Crippen LogP contribution in [-0.4, -0.2) is 25.1 Å². The van der Waals surface area contributed by atoms with Gasteiger partial charge in [-0.05, 0) is 25.5 Å². The fraction of sp³-hybridized carbons (Fsp3) is 0.167. The Labute approximate surface area is 188 Å². The number of nitrogens with one attached hydrogen (secondary N) is 1. The first-order valence-corrected chi connectivity index (χ1v) is 10.3. The largest absolute Gasteiger partial charge is 0.326 e. The molecular formula is C24H21F2N5O2. The van der Waals surface area contributed by atoms with Gasteiger partial charge in [-0.1, -0.05) is 36.4 Å². The van der Waals surface area contributed by atoms with Crippen LogP contribution in [0.15, 0.2) is 66.0 Å². The van der Waals surface area contributed by atoms with Crippen LogP contribution >= 0.6 is 0 Å². The molecule has 0 spiro atoms. The summed E-state index contributed by atoms with van der Waals surface area (Å²) < 4.78 is 29.5. The van der Waals surface area contributed by atoms with Crippen LogP contribution in [0.5, 0.6) is 0 Å². The highest BCUT2D eigenvalue weighted by Crippen LogP contribution is 2.18. The van der Waals surface area contributed by atoms with Crippen LogP contribution < -0.4 is 10.9 Å². The van der Waals surface area contributed by atoms with Crippen LogP contribution in [0.4, 0.5) is 14.5 Å². The van der Waals surface area contributed by atoms with Crippen molar-refractivity contribution in [1.29, 1.82) is 0 Å². The van der Waals surface area contributed by atoms with Crippen molar-refractivity contribution >= 4 is 17.4 Å². The molecule has 0 saturated heterocycles. The maximum Gasteiger partial charge on any atom is 0.279 e. The Bertz CT molecular complexity index is 1410. The second-order valence-electron chi connectivity index (χ2n) is 7.46. The van der Waals surface area contributed by atoms with Crippen molar-refractivity contribution in [2.45, 2.75) is 26.3 Å². The third-order valence-corrected chi connectivity index (χ3v) is 5.27. The summed E-state index contributed by atoms with van der Waals surface area (Å²) in [5.74, 6) is -1.69. The smallest absolute Gasteiger partial charge is 0.279 e. The Balaban J connectivity index is 1.65. The number of nitrogens with zero attached hydrogens (tertiary/aromatic N) is 4. The first kappa shape index (κ1) is 22.1. The van der Waals surface area contributed by atoms with Crippen LogP contribution in [0.25, 0.3) is 17.2 Å². The average molecular weight is 449 g/mol. The molecule has 0 aliphatic heterocycles. The average Bonchev–Trinajstić information content (AvgIpc) is 3.25. The van der Waals surface area contributed by atoms with E-state index in [1.165, 1.54) is 10.6 Å². The number of hydrogen-bond acceptors (Lipinski definition) is 4. The molecule has 0 unspecified atom stereocenters. The summed E-state index contributed by atoms with van der Waals surface area (Å²) in [6, 6.07) is 12.4. The van der Waals surface area contributed by atoms with Gasteiger partial charge in [0.15, 0.2) is 17.5 Å². The predicted octanol–water partition coefficient (Wildman–Crippen LogP) is 3.90. The summed E-state index contributed by atoms with van der Waals surface area (Å²) >= 11 is 0. The number of hydrogen-bond donors (Lipinski definition) is 1. The Kier molecular flexibility index (Phi) is 6.12. The van der Waals surface area contributed by atoms with Gasteiger partial charge in [0.05, 0.1) is 0 Å². The highest BCUT2D eigenvalue weighted by Gasteiger charge is 2.19. The molecule has 1 amide bonds. The van der Waals surface area contributed by atoms with E-state index >= 15 is 0 Å². The predicted molar refractivity (Wildman–Crippen MR) is 121 cm³/mol. The minimum atomic E-state index is -1.05. The summed E-state index contributed by atoms with van der Waals surface area (Å²) in [6.07, 6.45) is 1.79. The number of rotatable bonds is 7. The summed E-state index contributed by atoms with van der Waals surface area (Å²) in [5, 5.41) is 6.92. The minimum absolute atomic E-state index is 0.0328. The topological polar surface area (TPSA) is 81.3 Å². The minimum Gasteiger partial charge on any atom is -0.326 e. The van der Waals surface area contributed by atoms with Crippen LogP contribution in [0.1, 0.15) is 17.7 Å². The number of carbonyl (C=O) groups excluding carboxylic acids is 1. The van der Waals surface area contributed by atoms with Crippen molar-refractivity contribution in [2.24, 2.45) is 0 Å². The molecule has 4 aromatic rings. The highest BCUT2D eigenvalue weighted by molar-refractivity contribution is 5.90. The molecule has 0 aliphatic carbocycles. The van der Waals surface area contributed by atoms with Gasteiger partial charge >= 0.3 is 0 Å². The summed E-state index contributed by atoms with van der Waals surface area (Å²) in [4.78, 5) is 30.1. The Morgan fingerprint density at radius 1 is 1.15 bits per heavy atom. The van der Waals surface area contributed by atoms with Crippen molar-refractivity contribution in [3.63, 3.8) is 0 Å². The first-order valence-electron chi connectivity index (χ1n) is 10.3. The number of halogens is 2. The van der Waals surface area contributed by atoms with Gasteiger partial charge in [-0.3, -0.25) is 9.59 Å². The number of allylic oxidation sites excluding steroid dienone is 1. The standard InChI is InChI=1S/C24H21F2N5O2/c1-3-13-30-15(2)18(10-12-21(32)27-17-9-11-19(25)20(26)14-17)23(33)31-24(30)28-22(29-31)16-7-5-4-6-8-16/h3-9,11,14H,1,10,12-13H2,2H3,(H,27,32). The Morgan fingerprint density at radius 2 is 1.91 bits per heavy atom. The van der Waals surface area contributed by atoms with Crippen LogP contribution in [0, 0.1) is 18.6 Å². The highest BCUT2D eigenvalue weighted by atomic mass is 19.2. The molecule has 1 N–H and O–H groups in total. The summed E-state index contributed by atoms with van der Waals surface area (Å²) in [7, 11) is 0. The molecule has 2 heterocycles. The van der Waals surface area contributed by atoms with Crippen molar-refractivity contribution < 1.29 is 13.6 Å². The lowest BCUT2D eigenvalue weighted by Gasteiger charge is -2.14. The number of amides is 1. The van der Waals surface area contributed by atoms with Crippen molar-refractivity contribution in [1.82, 2.24) is 19.2 Å². The Hall–Kier alpha value is -4.14. The summed E-state index contributed by atoms with van der Waals surface area (Å²) in [5.41, 5.74) is 1.61. The van der Waals surface area contributed by atoms with Gasteiger partial charge in [0, 0.05) is 41.5 Å². The molecule has 0 fully saturated rings. The molecule has 0 radical (unpaired) electrons. The van der Waals surface area contributed by atoms with E-state index in [4.69, 9.17) is 0 Å². The monoisotopic (exact) mass is 449 g/mol. The molecule has 2 aromatic heterocycles. The van der Waals surface area contributed by atoms with Gasteiger partial charge < -0.3 is 9.88 Å². The normalized spacial score (nSPS) is 11.0. The zero-order valence-corrected chi connectivity index (χ0v) is 17.9. The third-order valence-electron chi connectivity index (χ3n) is 5.27. The quantitative estimate of drug-likeness (QED) is 0.434.